The lowest BCUT2D eigenvalue weighted by Crippen LogP contribution is -2.17. The Balaban J connectivity index is 1.86. The van der Waals surface area contributed by atoms with Gasteiger partial charge in [-0.15, -0.1) is 5.10 Å². The summed E-state index contributed by atoms with van der Waals surface area (Å²) in [5, 5.41) is 7.41. The van der Waals surface area contributed by atoms with Crippen LogP contribution in [0.15, 0.2) is 23.4 Å². The molecule has 2 aromatic rings. The zero-order valence-corrected chi connectivity index (χ0v) is 14.5. The van der Waals surface area contributed by atoms with Crippen LogP contribution in [0.5, 0.6) is 11.5 Å². The molecule has 0 aliphatic carbocycles. The summed E-state index contributed by atoms with van der Waals surface area (Å²) in [7, 11) is 3.11. The second-order valence-electron chi connectivity index (χ2n) is 4.90. The second kappa shape index (κ2) is 8.95. The third-order valence-electron chi connectivity index (χ3n) is 3.06. The standard InChI is InChI=1S/C15H18F3N3O3S/c1-22-10-4-5-11(12(8-10)23-2)13-19-14(21-20-13)25-7-3-6-24-9-15(16,17)18/h4-5,8H,3,6-7,9H2,1-2H3,(H,19,20,21). The highest BCUT2D eigenvalue weighted by molar-refractivity contribution is 7.99. The van der Waals surface area contributed by atoms with Crippen molar-refractivity contribution in [3.8, 4) is 22.9 Å². The lowest BCUT2D eigenvalue weighted by molar-refractivity contribution is -0.173. The predicted molar refractivity (Wildman–Crippen MR) is 87.1 cm³/mol. The van der Waals surface area contributed by atoms with Crippen molar-refractivity contribution >= 4 is 11.8 Å². The monoisotopic (exact) mass is 377 g/mol. The van der Waals surface area contributed by atoms with E-state index >= 15 is 0 Å². The topological polar surface area (TPSA) is 69.3 Å². The fraction of sp³-hybridized carbons (Fsp3) is 0.467. The van der Waals surface area contributed by atoms with E-state index in [-0.39, 0.29) is 6.61 Å². The zero-order valence-electron chi connectivity index (χ0n) is 13.7. The highest BCUT2D eigenvalue weighted by Gasteiger charge is 2.27. The van der Waals surface area contributed by atoms with Gasteiger partial charge in [-0.2, -0.15) is 13.2 Å². The van der Waals surface area contributed by atoms with Gasteiger partial charge in [0.2, 0.25) is 5.16 Å². The van der Waals surface area contributed by atoms with Crippen molar-refractivity contribution in [3.63, 3.8) is 0 Å². The van der Waals surface area contributed by atoms with Crippen LogP contribution in [0.1, 0.15) is 6.42 Å². The number of hydrogen-bond acceptors (Lipinski definition) is 6. The van der Waals surface area contributed by atoms with E-state index in [2.05, 4.69) is 19.9 Å². The minimum atomic E-state index is -4.29. The molecule has 0 fully saturated rings. The van der Waals surface area contributed by atoms with Gasteiger partial charge in [-0.25, -0.2) is 4.98 Å². The first-order chi connectivity index (χ1) is 11.9. The minimum absolute atomic E-state index is 0.0378. The van der Waals surface area contributed by atoms with Gasteiger partial charge in [0.15, 0.2) is 5.82 Å². The first-order valence-corrected chi connectivity index (χ1v) is 8.33. The van der Waals surface area contributed by atoms with Gasteiger partial charge >= 0.3 is 6.18 Å². The van der Waals surface area contributed by atoms with Crippen molar-refractivity contribution in [2.45, 2.75) is 17.8 Å². The van der Waals surface area contributed by atoms with Gasteiger partial charge in [-0.3, -0.25) is 5.10 Å². The SMILES string of the molecule is COc1ccc(-c2nc(SCCCOCC(F)(F)F)n[nH]2)c(OC)c1. The molecule has 0 bridgehead atoms. The summed E-state index contributed by atoms with van der Waals surface area (Å²) in [6.45, 7) is -1.18. The van der Waals surface area contributed by atoms with E-state index in [9.17, 15) is 13.2 Å². The number of aromatic nitrogens is 3. The number of thioether (sulfide) groups is 1. The van der Waals surface area contributed by atoms with Crippen LogP contribution >= 0.6 is 11.8 Å². The van der Waals surface area contributed by atoms with E-state index < -0.39 is 12.8 Å². The Bertz CT molecular complexity index is 680. The van der Waals surface area contributed by atoms with Gasteiger partial charge in [-0.05, 0) is 18.6 Å². The van der Waals surface area contributed by atoms with Crippen molar-refractivity contribution in [3.05, 3.63) is 18.2 Å². The molecule has 0 spiro atoms. The van der Waals surface area contributed by atoms with Crippen LogP contribution in [0.3, 0.4) is 0 Å². The summed E-state index contributed by atoms with van der Waals surface area (Å²) >= 11 is 1.33. The molecule has 0 unspecified atom stereocenters. The summed E-state index contributed by atoms with van der Waals surface area (Å²) in [4.78, 5) is 4.36. The normalized spacial score (nSPS) is 11.6. The Morgan fingerprint density at radius 3 is 2.68 bits per heavy atom. The number of halogens is 3. The first kappa shape index (κ1) is 19.4. The number of nitrogens with one attached hydrogen (secondary N) is 1. The fourth-order valence-electron chi connectivity index (χ4n) is 1.94. The van der Waals surface area contributed by atoms with Gasteiger partial charge in [0.05, 0.1) is 19.8 Å². The lowest BCUT2D eigenvalue weighted by Gasteiger charge is -2.07. The van der Waals surface area contributed by atoms with E-state index in [1.807, 2.05) is 0 Å². The quantitative estimate of drug-likeness (QED) is 0.532. The number of hydrogen-bond donors (Lipinski definition) is 1. The maximum atomic E-state index is 11.9. The summed E-state index contributed by atoms with van der Waals surface area (Å²) < 4.78 is 50.8. The number of ether oxygens (including phenoxy) is 3. The highest BCUT2D eigenvalue weighted by atomic mass is 32.2. The summed E-state index contributed by atoms with van der Waals surface area (Å²) in [6, 6.07) is 5.32. The molecule has 0 saturated heterocycles. The molecule has 25 heavy (non-hydrogen) atoms. The third-order valence-corrected chi connectivity index (χ3v) is 3.99. The molecular weight excluding hydrogens is 359 g/mol. The molecule has 0 aliphatic heterocycles. The van der Waals surface area contributed by atoms with Gasteiger partial charge in [0.1, 0.15) is 18.1 Å². The molecule has 1 heterocycles. The Labute approximate surface area is 147 Å². The smallest absolute Gasteiger partial charge is 0.411 e. The summed E-state index contributed by atoms with van der Waals surface area (Å²) in [5.41, 5.74) is 0.733. The molecule has 0 radical (unpaired) electrons. The average Bonchev–Trinajstić information content (AvgIpc) is 3.05. The van der Waals surface area contributed by atoms with Gasteiger partial charge in [0, 0.05) is 18.4 Å². The van der Waals surface area contributed by atoms with Gasteiger partial charge in [0.25, 0.3) is 0 Å². The van der Waals surface area contributed by atoms with Crippen molar-refractivity contribution in [1.29, 1.82) is 0 Å². The number of methoxy groups -OCH3 is 2. The molecule has 1 aromatic carbocycles. The Kier molecular flexibility index (Phi) is 6.94. The van der Waals surface area contributed by atoms with E-state index in [0.29, 0.717) is 34.7 Å². The van der Waals surface area contributed by atoms with Crippen molar-refractivity contribution in [1.82, 2.24) is 15.2 Å². The van der Waals surface area contributed by atoms with Crippen molar-refractivity contribution in [2.24, 2.45) is 0 Å². The van der Waals surface area contributed by atoms with E-state index in [0.717, 1.165) is 5.56 Å². The van der Waals surface area contributed by atoms with Crippen LogP contribution in [0.4, 0.5) is 13.2 Å². The van der Waals surface area contributed by atoms with Crippen LogP contribution in [-0.4, -0.2) is 54.5 Å². The van der Waals surface area contributed by atoms with Crippen LogP contribution in [0, 0.1) is 0 Å². The van der Waals surface area contributed by atoms with E-state index in [1.165, 1.54) is 11.8 Å². The molecule has 0 atom stereocenters. The van der Waals surface area contributed by atoms with Gasteiger partial charge < -0.3 is 14.2 Å². The van der Waals surface area contributed by atoms with Crippen molar-refractivity contribution in [2.75, 3.05) is 33.2 Å². The molecule has 138 valence electrons. The third kappa shape index (κ3) is 6.13. The Morgan fingerprint density at radius 1 is 1.20 bits per heavy atom. The van der Waals surface area contributed by atoms with Crippen molar-refractivity contribution < 1.29 is 27.4 Å². The molecule has 0 saturated carbocycles. The molecular formula is C15H18F3N3O3S. The second-order valence-corrected chi connectivity index (χ2v) is 5.96. The van der Waals surface area contributed by atoms with E-state index in [1.54, 1.807) is 32.4 Å². The molecule has 1 aromatic heterocycles. The number of rotatable bonds is 9. The number of alkyl halides is 3. The van der Waals surface area contributed by atoms with Gasteiger partial charge in [-0.1, -0.05) is 11.8 Å². The molecule has 10 heteroatoms. The number of aromatic amines is 1. The van der Waals surface area contributed by atoms with Crippen LogP contribution in [0.2, 0.25) is 0 Å². The van der Waals surface area contributed by atoms with Crippen LogP contribution in [-0.2, 0) is 4.74 Å². The fourth-order valence-corrected chi connectivity index (χ4v) is 2.65. The summed E-state index contributed by atoms with van der Waals surface area (Å²) in [5.74, 6) is 2.34. The highest BCUT2D eigenvalue weighted by Crippen LogP contribution is 2.32. The molecule has 2 rings (SSSR count). The zero-order chi connectivity index (χ0) is 18.3. The number of benzene rings is 1. The Morgan fingerprint density at radius 2 is 2.00 bits per heavy atom. The molecule has 6 nitrogen and oxygen atoms in total. The minimum Gasteiger partial charge on any atom is -0.497 e. The first-order valence-electron chi connectivity index (χ1n) is 7.35. The summed E-state index contributed by atoms with van der Waals surface area (Å²) in [6.07, 6.45) is -3.82. The molecule has 0 aliphatic rings. The maximum Gasteiger partial charge on any atom is 0.411 e. The molecule has 0 amide bonds. The maximum absolute atomic E-state index is 11.9. The lowest BCUT2D eigenvalue weighted by atomic mass is 10.2. The number of H-pyrrole nitrogens is 1. The molecule has 1 N–H and O–H groups in total. The van der Waals surface area contributed by atoms with Crippen LogP contribution in [0.25, 0.3) is 11.4 Å². The number of nitrogens with zero attached hydrogens (tertiary/aromatic N) is 2. The van der Waals surface area contributed by atoms with Crippen LogP contribution < -0.4 is 9.47 Å². The predicted octanol–water partition coefficient (Wildman–Crippen LogP) is 3.55. The largest absolute Gasteiger partial charge is 0.497 e. The van der Waals surface area contributed by atoms with E-state index in [4.69, 9.17) is 9.47 Å². The average molecular weight is 377 g/mol. The Hall–Kier alpha value is -1.94.